The Morgan fingerprint density at radius 3 is 3.00 bits per heavy atom. The van der Waals surface area contributed by atoms with Gasteiger partial charge in [0, 0.05) is 11.6 Å². The van der Waals surface area contributed by atoms with Crippen LogP contribution in [-0.4, -0.2) is 17.1 Å². The number of benzene rings is 1. The average molecular weight is 185 g/mol. The molecule has 1 aromatic heterocycles. The van der Waals surface area contributed by atoms with Crippen LogP contribution in [0.4, 0.5) is 0 Å². The lowest BCUT2D eigenvalue weighted by Crippen LogP contribution is -1.90. The van der Waals surface area contributed by atoms with Gasteiger partial charge in [-0.2, -0.15) is 5.26 Å². The van der Waals surface area contributed by atoms with E-state index in [1.54, 1.807) is 25.4 Å². The van der Waals surface area contributed by atoms with Crippen LogP contribution in [0.15, 0.2) is 24.7 Å². The van der Waals surface area contributed by atoms with Crippen molar-refractivity contribution in [2.75, 3.05) is 7.11 Å². The first-order valence-electron chi connectivity index (χ1n) is 4.03. The van der Waals surface area contributed by atoms with E-state index in [2.05, 4.69) is 16.0 Å². The van der Waals surface area contributed by atoms with Crippen LogP contribution in [0, 0.1) is 11.3 Å². The van der Waals surface area contributed by atoms with E-state index < -0.39 is 0 Å². The number of nitriles is 1. The van der Waals surface area contributed by atoms with Crippen LogP contribution in [0.1, 0.15) is 5.56 Å². The maximum atomic E-state index is 8.85. The SMILES string of the molecule is COc1ccc(C#N)c2cncnc12. The predicted octanol–water partition coefficient (Wildman–Crippen LogP) is 1.51. The highest BCUT2D eigenvalue weighted by atomic mass is 16.5. The summed E-state index contributed by atoms with van der Waals surface area (Å²) in [6.07, 6.45) is 3.05. The van der Waals surface area contributed by atoms with Crippen LogP contribution in [0.5, 0.6) is 5.75 Å². The van der Waals surface area contributed by atoms with E-state index in [9.17, 15) is 0 Å². The van der Waals surface area contributed by atoms with Gasteiger partial charge in [0.05, 0.1) is 18.7 Å². The molecule has 2 rings (SSSR count). The van der Waals surface area contributed by atoms with Crippen molar-refractivity contribution in [3.63, 3.8) is 0 Å². The first kappa shape index (κ1) is 8.45. The Labute approximate surface area is 80.8 Å². The van der Waals surface area contributed by atoms with Gasteiger partial charge in [-0.15, -0.1) is 0 Å². The fraction of sp³-hybridized carbons (Fsp3) is 0.100. The first-order chi connectivity index (χ1) is 6.86. The summed E-state index contributed by atoms with van der Waals surface area (Å²) in [4.78, 5) is 7.95. The molecule has 0 atom stereocenters. The highest BCUT2D eigenvalue weighted by Gasteiger charge is 2.06. The lowest BCUT2D eigenvalue weighted by Gasteiger charge is -2.04. The molecule has 4 nitrogen and oxygen atoms in total. The second-order valence-electron chi connectivity index (χ2n) is 2.71. The molecule has 0 bridgehead atoms. The van der Waals surface area contributed by atoms with Gasteiger partial charge in [-0.3, -0.25) is 0 Å². The van der Waals surface area contributed by atoms with Crippen molar-refractivity contribution in [1.82, 2.24) is 9.97 Å². The Bertz CT molecular complexity index is 516. The summed E-state index contributed by atoms with van der Waals surface area (Å²) in [6.45, 7) is 0. The number of nitrogens with zero attached hydrogens (tertiary/aromatic N) is 3. The molecule has 1 heterocycles. The van der Waals surface area contributed by atoms with E-state index >= 15 is 0 Å². The number of methoxy groups -OCH3 is 1. The molecule has 0 N–H and O–H groups in total. The van der Waals surface area contributed by atoms with E-state index in [0.29, 0.717) is 22.2 Å². The van der Waals surface area contributed by atoms with E-state index in [0.717, 1.165) is 0 Å². The van der Waals surface area contributed by atoms with E-state index in [4.69, 9.17) is 10.00 Å². The lowest BCUT2D eigenvalue weighted by atomic mass is 10.1. The highest BCUT2D eigenvalue weighted by molar-refractivity contribution is 5.88. The molecule has 0 aliphatic rings. The minimum absolute atomic E-state index is 0.557. The van der Waals surface area contributed by atoms with E-state index in [1.165, 1.54) is 6.33 Å². The van der Waals surface area contributed by atoms with Gasteiger partial charge in [0.15, 0.2) is 0 Å². The molecule has 0 unspecified atom stereocenters. The molecule has 14 heavy (non-hydrogen) atoms. The van der Waals surface area contributed by atoms with Crippen LogP contribution < -0.4 is 4.74 Å². The smallest absolute Gasteiger partial charge is 0.145 e. The van der Waals surface area contributed by atoms with Gasteiger partial charge in [0.1, 0.15) is 17.6 Å². The molecule has 0 amide bonds. The van der Waals surface area contributed by atoms with Gasteiger partial charge in [-0.25, -0.2) is 9.97 Å². The van der Waals surface area contributed by atoms with Crippen molar-refractivity contribution < 1.29 is 4.74 Å². The maximum absolute atomic E-state index is 8.85. The Hall–Kier alpha value is -2.15. The molecular formula is C10H7N3O. The van der Waals surface area contributed by atoms with Crippen LogP contribution in [0.2, 0.25) is 0 Å². The highest BCUT2D eigenvalue weighted by Crippen LogP contribution is 2.24. The number of ether oxygens (including phenoxy) is 1. The summed E-state index contributed by atoms with van der Waals surface area (Å²) in [5.41, 5.74) is 1.22. The fourth-order valence-electron chi connectivity index (χ4n) is 1.31. The third-order valence-electron chi connectivity index (χ3n) is 1.98. The van der Waals surface area contributed by atoms with Crippen LogP contribution in [-0.2, 0) is 0 Å². The quantitative estimate of drug-likeness (QED) is 0.675. The molecule has 0 aliphatic heterocycles. The largest absolute Gasteiger partial charge is 0.494 e. The first-order valence-corrected chi connectivity index (χ1v) is 4.03. The minimum Gasteiger partial charge on any atom is -0.494 e. The number of rotatable bonds is 1. The topological polar surface area (TPSA) is 58.8 Å². The van der Waals surface area contributed by atoms with Crippen molar-refractivity contribution in [2.45, 2.75) is 0 Å². The molecule has 0 fully saturated rings. The third-order valence-corrected chi connectivity index (χ3v) is 1.98. The molecule has 0 radical (unpaired) electrons. The summed E-state index contributed by atoms with van der Waals surface area (Å²) in [5.74, 6) is 0.654. The van der Waals surface area contributed by atoms with Crippen molar-refractivity contribution in [1.29, 1.82) is 5.26 Å². The summed E-state index contributed by atoms with van der Waals surface area (Å²) in [5, 5.41) is 9.57. The Morgan fingerprint density at radius 2 is 2.29 bits per heavy atom. The standard InChI is InChI=1S/C10H7N3O/c1-14-9-3-2-7(4-11)8-5-12-6-13-10(8)9/h2-3,5-6H,1H3. The Morgan fingerprint density at radius 1 is 1.43 bits per heavy atom. The van der Waals surface area contributed by atoms with E-state index in [-0.39, 0.29) is 0 Å². The molecule has 0 spiro atoms. The molecular weight excluding hydrogens is 178 g/mol. The summed E-state index contributed by atoms with van der Waals surface area (Å²) < 4.78 is 5.13. The third kappa shape index (κ3) is 1.15. The summed E-state index contributed by atoms with van der Waals surface area (Å²) in [6, 6.07) is 5.51. The normalized spacial score (nSPS) is 9.71. The molecule has 4 heteroatoms. The van der Waals surface area contributed by atoms with Gasteiger partial charge in [-0.05, 0) is 12.1 Å². The molecule has 1 aromatic carbocycles. The van der Waals surface area contributed by atoms with Gasteiger partial charge in [-0.1, -0.05) is 0 Å². The van der Waals surface area contributed by atoms with Crippen LogP contribution in [0.3, 0.4) is 0 Å². The Balaban J connectivity index is 2.87. The predicted molar refractivity (Wildman–Crippen MR) is 50.8 cm³/mol. The summed E-state index contributed by atoms with van der Waals surface area (Å²) in [7, 11) is 1.57. The van der Waals surface area contributed by atoms with Gasteiger partial charge in [0.2, 0.25) is 0 Å². The zero-order valence-electron chi connectivity index (χ0n) is 7.56. The van der Waals surface area contributed by atoms with Crippen molar-refractivity contribution >= 4 is 10.9 Å². The van der Waals surface area contributed by atoms with E-state index in [1.807, 2.05) is 0 Å². The zero-order chi connectivity index (χ0) is 9.97. The minimum atomic E-state index is 0.557. The van der Waals surface area contributed by atoms with Gasteiger partial charge >= 0.3 is 0 Å². The molecule has 0 saturated carbocycles. The maximum Gasteiger partial charge on any atom is 0.145 e. The number of hydrogen-bond acceptors (Lipinski definition) is 4. The van der Waals surface area contributed by atoms with Crippen molar-refractivity contribution in [2.24, 2.45) is 0 Å². The number of hydrogen-bond donors (Lipinski definition) is 0. The Kier molecular flexibility index (Phi) is 1.99. The fourth-order valence-corrected chi connectivity index (χ4v) is 1.31. The van der Waals surface area contributed by atoms with Gasteiger partial charge < -0.3 is 4.74 Å². The molecule has 2 aromatic rings. The molecule has 0 saturated heterocycles. The monoisotopic (exact) mass is 185 g/mol. The zero-order valence-corrected chi connectivity index (χ0v) is 7.56. The molecule has 68 valence electrons. The van der Waals surface area contributed by atoms with Gasteiger partial charge in [0.25, 0.3) is 0 Å². The second kappa shape index (κ2) is 3.30. The van der Waals surface area contributed by atoms with Crippen molar-refractivity contribution in [3.8, 4) is 11.8 Å². The van der Waals surface area contributed by atoms with Crippen LogP contribution >= 0.6 is 0 Å². The lowest BCUT2D eigenvalue weighted by molar-refractivity contribution is 0.419. The van der Waals surface area contributed by atoms with Crippen molar-refractivity contribution in [3.05, 3.63) is 30.2 Å². The molecule has 0 aliphatic carbocycles. The number of aromatic nitrogens is 2. The average Bonchev–Trinajstić information content (AvgIpc) is 2.27. The summed E-state index contributed by atoms with van der Waals surface area (Å²) >= 11 is 0. The number of fused-ring (bicyclic) bond motifs is 1. The van der Waals surface area contributed by atoms with Crippen LogP contribution in [0.25, 0.3) is 10.9 Å². The second-order valence-corrected chi connectivity index (χ2v) is 2.71.